The Kier molecular flexibility index (Phi) is 16.4. The van der Waals surface area contributed by atoms with Crippen LogP contribution in [0.1, 0.15) is 92.1 Å². The summed E-state index contributed by atoms with van der Waals surface area (Å²) < 4.78 is 47.4. The molecule has 2 fully saturated rings. The first-order valence-electron chi connectivity index (χ1n) is 19.6. The van der Waals surface area contributed by atoms with Gasteiger partial charge in [-0.25, -0.2) is 4.79 Å². The Morgan fingerprint density at radius 2 is 1.72 bits per heavy atom. The molecule has 0 amide bonds. The highest BCUT2D eigenvalue weighted by atomic mass is 16.7. The second kappa shape index (κ2) is 20.3. The SMILES string of the molecule is CCC(=O)O[C@H]1C(=CC(=O)OC)C[C@H]2C[C@H]([C@H](C)OCc3ccccc3)OC(=O)C[C@H](O)CC(=O)O[C@H](C(C)(C)CO)C[C@@H]3CCO[C@H](C=CC(C)(C)[C@]1(O)O2)O3. The number of ether oxygens (including phenoxy) is 8. The van der Waals surface area contributed by atoms with Gasteiger partial charge in [-0.3, -0.25) is 14.4 Å². The number of carbonyl (C=O) groups is 4. The summed E-state index contributed by atoms with van der Waals surface area (Å²) in [7, 11) is 1.20. The number of carbonyl (C=O) groups excluding carboxylic acids is 4. The van der Waals surface area contributed by atoms with Crippen molar-refractivity contribution in [2.24, 2.45) is 10.8 Å². The monoisotopic (exact) mass is 804 g/mol. The highest BCUT2D eigenvalue weighted by molar-refractivity contribution is 5.83. The van der Waals surface area contributed by atoms with Gasteiger partial charge in [0.2, 0.25) is 5.79 Å². The van der Waals surface area contributed by atoms with Crippen molar-refractivity contribution in [1.82, 2.24) is 0 Å². The molecular formula is C42H60O15. The smallest absolute Gasteiger partial charge is 0.330 e. The molecule has 318 valence electrons. The molecule has 57 heavy (non-hydrogen) atoms. The van der Waals surface area contributed by atoms with Crippen molar-refractivity contribution >= 4 is 23.9 Å². The summed E-state index contributed by atoms with van der Waals surface area (Å²) in [5, 5.41) is 33.8. The van der Waals surface area contributed by atoms with Crippen LogP contribution in [-0.2, 0) is 63.7 Å². The van der Waals surface area contributed by atoms with Crippen LogP contribution in [0, 0.1) is 10.8 Å². The van der Waals surface area contributed by atoms with E-state index < -0.39 is 102 Å². The van der Waals surface area contributed by atoms with E-state index in [9.17, 15) is 34.5 Å². The fourth-order valence-electron chi connectivity index (χ4n) is 6.89. The van der Waals surface area contributed by atoms with Crippen molar-refractivity contribution in [2.75, 3.05) is 20.3 Å². The average molecular weight is 805 g/mol. The highest BCUT2D eigenvalue weighted by Crippen LogP contribution is 2.47. The van der Waals surface area contributed by atoms with E-state index in [0.717, 1.165) is 11.6 Å². The third-order valence-electron chi connectivity index (χ3n) is 10.7. The fourth-order valence-corrected chi connectivity index (χ4v) is 6.89. The van der Waals surface area contributed by atoms with Crippen molar-refractivity contribution in [3.8, 4) is 0 Å². The molecule has 15 heteroatoms. The van der Waals surface area contributed by atoms with Crippen molar-refractivity contribution < 1.29 is 72.4 Å². The molecule has 0 spiro atoms. The van der Waals surface area contributed by atoms with Gasteiger partial charge in [0.25, 0.3) is 0 Å². The van der Waals surface area contributed by atoms with E-state index in [4.69, 9.17) is 37.9 Å². The number of aliphatic hydroxyl groups is 3. The Labute approximate surface area is 334 Å². The van der Waals surface area contributed by atoms with Gasteiger partial charge in [0.15, 0.2) is 12.4 Å². The Morgan fingerprint density at radius 1 is 1.04 bits per heavy atom. The lowest BCUT2D eigenvalue weighted by atomic mass is 9.74. The Morgan fingerprint density at radius 3 is 2.37 bits per heavy atom. The standard InChI is InChI=1S/C42H60O15/c1-8-34(45)56-39-28(19-35(46)50-7)18-31-22-32(26(2)52-24-27-12-10-9-11-13-27)54-36(47)20-29(44)21-37(48)55-33(40(3,4)25-43)23-30-15-17-51-38(53-30)14-16-41(5,6)42(39,49)57-31/h9-14,16,19,26,29-33,38-39,43-44,49H,8,15,17-18,20-25H2,1-7H3/t26-,29-,30-,31-,32+,33-,38-,39-,42+/m0/s1. The maximum absolute atomic E-state index is 13.5. The van der Waals surface area contributed by atoms with Crippen LogP contribution in [0.5, 0.6) is 0 Å². The van der Waals surface area contributed by atoms with E-state index in [1.54, 1.807) is 53.7 Å². The lowest BCUT2D eigenvalue weighted by Crippen LogP contribution is -2.62. The predicted octanol–water partition coefficient (Wildman–Crippen LogP) is 3.98. The number of fused-ring (bicyclic) bond motifs is 4. The van der Waals surface area contributed by atoms with Crippen molar-refractivity contribution in [2.45, 2.75) is 148 Å². The van der Waals surface area contributed by atoms with E-state index in [-0.39, 0.29) is 51.1 Å². The summed E-state index contributed by atoms with van der Waals surface area (Å²) in [4.78, 5) is 52.3. The molecule has 4 rings (SSSR count). The van der Waals surface area contributed by atoms with Crippen LogP contribution in [-0.4, -0.2) is 114 Å². The fraction of sp³-hybridized carbons (Fsp3) is 0.667. The molecule has 1 aromatic carbocycles. The summed E-state index contributed by atoms with van der Waals surface area (Å²) in [6.07, 6.45) is -4.21. The van der Waals surface area contributed by atoms with E-state index in [2.05, 4.69) is 0 Å². The minimum absolute atomic E-state index is 0.0353. The van der Waals surface area contributed by atoms with E-state index in [1.807, 2.05) is 30.3 Å². The molecule has 0 saturated carbocycles. The number of esters is 4. The van der Waals surface area contributed by atoms with Gasteiger partial charge in [0, 0.05) is 36.2 Å². The van der Waals surface area contributed by atoms with E-state index >= 15 is 0 Å². The highest BCUT2D eigenvalue weighted by Gasteiger charge is 2.58. The van der Waals surface area contributed by atoms with Crippen LogP contribution in [0.4, 0.5) is 0 Å². The summed E-state index contributed by atoms with van der Waals surface area (Å²) in [5.74, 6) is -5.35. The molecule has 9 atom stereocenters. The first-order valence-corrected chi connectivity index (χ1v) is 19.6. The Balaban J connectivity index is 1.79. The number of rotatable bonds is 9. The van der Waals surface area contributed by atoms with Crippen LogP contribution in [0.15, 0.2) is 54.1 Å². The number of cyclic esters (lactones) is 2. The van der Waals surface area contributed by atoms with Gasteiger partial charge in [-0.15, -0.1) is 0 Å². The molecule has 3 aliphatic heterocycles. The zero-order chi connectivity index (χ0) is 42.0. The first-order chi connectivity index (χ1) is 26.9. The third-order valence-corrected chi connectivity index (χ3v) is 10.7. The molecule has 0 radical (unpaired) electrons. The molecule has 0 aliphatic carbocycles. The van der Waals surface area contributed by atoms with Crippen molar-refractivity contribution in [3.05, 3.63) is 59.7 Å². The van der Waals surface area contributed by atoms with Gasteiger partial charge in [0.05, 0.1) is 64.2 Å². The van der Waals surface area contributed by atoms with Crippen LogP contribution < -0.4 is 0 Å². The van der Waals surface area contributed by atoms with Crippen LogP contribution in [0.3, 0.4) is 0 Å². The van der Waals surface area contributed by atoms with Gasteiger partial charge in [0.1, 0.15) is 12.2 Å². The number of benzene rings is 1. The van der Waals surface area contributed by atoms with Gasteiger partial charge < -0.3 is 53.2 Å². The van der Waals surface area contributed by atoms with Crippen LogP contribution in [0.25, 0.3) is 0 Å². The third kappa shape index (κ3) is 12.6. The lowest BCUT2D eigenvalue weighted by Gasteiger charge is -2.51. The Bertz CT molecular complexity index is 1570. The predicted molar refractivity (Wildman–Crippen MR) is 203 cm³/mol. The van der Waals surface area contributed by atoms with Gasteiger partial charge in [-0.1, -0.05) is 71.0 Å². The van der Waals surface area contributed by atoms with Crippen LogP contribution >= 0.6 is 0 Å². The number of aliphatic hydroxyl groups excluding tert-OH is 2. The maximum Gasteiger partial charge on any atom is 0.330 e. The average Bonchev–Trinajstić information content (AvgIpc) is 3.16. The minimum atomic E-state index is -2.32. The lowest BCUT2D eigenvalue weighted by molar-refractivity contribution is -0.327. The Hall–Kier alpha value is -3.70. The molecule has 4 bridgehead atoms. The molecule has 3 aliphatic rings. The van der Waals surface area contributed by atoms with E-state index in [0.29, 0.717) is 6.42 Å². The molecule has 2 saturated heterocycles. The first kappa shape index (κ1) is 46.0. The molecular weight excluding hydrogens is 744 g/mol. The number of hydrogen-bond donors (Lipinski definition) is 3. The summed E-state index contributed by atoms with van der Waals surface area (Å²) in [5.41, 5.74) is -1.22. The second-order valence-electron chi connectivity index (χ2n) is 16.2. The van der Waals surface area contributed by atoms with Crippen molar-refractivity contribution in [1.29, 1.82) is 0 Å². The van der Waals surface area contributed by atoms with Crippen LogP contribution in [0.2, 0.25) is 0 Å². The zero-order valence-corrected chi connectivity index (χ0v) is 34.0. The van der Waals surface area contributed by atoms with E-state index in [1.165, 1.54) is 7.11 Å². The summed E-state index contributed by atoms with van der Waals surface area (Å²) in [6, 6.07) is 9.33. The summed E-state index contributed by atoms with van der Waals surface area (Å²) >= 11 is 0. The number of methoxy groups -OCH3 is 1. The molecule has 15 nitrogen and oxygen atoms in total. The minimum Gasteiger partial charge on any atom is -0.466 e. The quantitative estimate of drug-likeness (QED) is 0.140. The largest absolute Gasteiger partial charge is 0.466 e. The molecule has 1 aromatic rings. The summed E-state index contributed by atoms with van der Waals surface area (Å²) in [6.45, 7) is 10.2. The topological polar surface area (TPSA) is 203 Å². The molecule has 0 aromatic heterocycles. The maximum atomic E-state index is 13.5. The van der Waals surface area contributed by atoms with Gasteiger partial charge in [-0.2, -0.15) is 0 Å². The normalized spacial score (nSPS) is 31.7. The van der Waals surface area contributed by atoms with Gasteiger partial charge in [-0.05, 0) is 37.0 Å². The number of hydrogen-bond acceptors (Lipinski definition) is 15. The van der Waals surface area contributed by atoms with Gasteiger partial charge >= 0.3 is 23.9 Å². The zero-order valence-electron chi connectivity index (χ0n) is 34.0. The molecule has 3 N–H and O–H groups in total. The molecule has 3 heterocycles. The molecule has 0 unspecified atom stereocenters. The van der Waals surface area contributed by atoms with Crippen molar-refractivity contribution in [3.63, 3.8) is 0 Å². The second-order valence-corrected chi connectivity index (χ2v) is 16.2.